The van der Waals surface area contributed by atoms with E-state index >= 15 is 0 Å². The Balaban J connectivity index is 3.94. The monoisotopic (exact) mass is 562 g/mol. The molecule has 228 valence electrons. The molecule has 0 saturated carbocycles. The van der Waals surface area contributed by atoms with Crippen molar-refractivity contribution < 1.29 is 26.7 Å². The van der Waals surface area contributed by atoms with Crippen molar-refractivity contribution in [2.45, 2.75) is 187 Å². The first-order valence-corrected chi connectivity index (χ1v) is 17.5. The zero-order valence-corrected chi connectivity index (χ0v) is 26.1. The first-order valence-electron chi connectivity index (χ1n) is 16.1. The van der Waals surface area contributed by atoms with Gasteiger partial charge in [0.1, 0.15) is 0 Å². The second-order valence-corrected chi connectivity index (χ2v) is 12.4. The van der Waals surface area contributed by atoms with Crippen LogP contribution in [0.3, 0.4) is 0 Å². The predicted molar refractivity (Wildman–Crippen MR) is 159 cm³/mol. The summed E-state index contributed by atoms with van der Waals surface area (Å²) >= 11 is 0. The molecule has 0 aromatic heterocycles. The van der Waals surface area contributed by atoms with Crippen LogP contribution in [-0.2, 0) is 24.1 Å². The average Bonchev–Trinajstić information content (AvgIpc) is 2.86. The van der Waals surface area contributed by atoms with Crippen molar-refractivity contribution in [3.8, 4) is 0 Å². The van der Waals surface area contributed by atoms with Gasteiger partial charge < -0.3 is 4.74 Å². The molecule has 1 unspecified atom stereocenters. The van der Waals surface area contributed by atoms with Crippen molar-refractivity contribution in [2.24, 2.45) is 0 Å². The number of hydrogen-bond acceptors (Lipinski definition) is 5. The van der Waals surface area contributed by atoms with Crippen LogP contribution in [0.5, 0.6) is 0 Å². The fourth-order valence-electron chi connectivity index (χ4n) is 4.97. The smallest absolute Gasteiger partial charge is 0.398 e. The minimum absolute atomic E-state index is 0.209. The summed E-state index contributed by atoms with van der Waals surface area (Å²) in [6.45, 7) is 6.13. The fourth-order valence-corrected chi connectivity index (χ4v) is 5.59. The van der Waals surface area contributed by atoms with Crippen LogP contribution in [0.1, 0.15) is 181 Å². The van der Waals surface area contributed by atoms with E-state index in [1.54, 1.807) is 0 Å². The molecule has 0 aromatic carbocycles. The summed E-state index contributed by atoms with van der Waals surface area (Å²) in [4.78, 5) is 12.6. The third kappa shape index (κ3) is 24.4. The molecular weight excluding hydrogens is 500 g/mol. The lowest BCUT2D eigenvalue weighted by atomic mass is 9.97. The Bertz CT molecular complexity index is 636. The lowest BCUT2D eigenvalue weighted by molar-refractivity contribution is -0.162. The van der Waals surface area contributed by atoms with Crippen molar-refractivity contribution in [1.29, 1.82) is 0 Å². The number of esters is 1. The summed E-state index contributed by atoms with van der Waals surface area (Å²) in [6, 6.07) is 0. The third-order valence-electron chi connectivity index (χ3n) is 7.46. The van der Waals surface area contributed by atoms with Crippen LogP contribution >= 0.6 is 0 Å². The number of hydrogen-bond donors (Lipinski definition) is 1. The maximum Gasteiger partial charge on any atom is 0.398 e. The fraction of sp³-hybridized carbons (Fsp3) is 0.968. The Labute approximate surface area is 236 Å². The van der Waals surface area contributed by atoms with Crippen LogP contribution in [0.2, 0.25) is 0 Å². The molecule has 0 radical (unpaired) electrons. The molecule has 7 heteroatoms. The Kier molecular flexibility index (Phi) is 24.9. The van der Waals surface area contributed by atoms with Gasteiger partial charge in [0.2, 0.25) is 0 Å². The Morgan fingerprint density at radius 3 is 1.24 bits per heavy atom. The lowest BCUT2D eigenvalue weighted by Crippen LogP contribution is -2.41. The standard InChI is InChI=1S/C31H62O6S/c1-4-6-8-10-12-14-16-17-18-19-21-23-25-27-29-36-30(32)31(3,37-38(33,34)35)28-26-24-22-20-15-13-11-9-7-5-2/h4-29H2,1-3H3,(H,33,34,35). The third-order valence-corrected chi connectivity index (χ3v) is 8.04. The van der Waals surface area contributed by atoms with E-state index in [1.165, 1.54) is 116 Å². The normalized spacial score (nSPS) is 13.5. The predicted octanol–water partition coefficient (Wildman–Crippen LogP) is 9.90. The number of rotatable bonds is 29. The molecule has 38 heavy (non-hydrogen) atoms. The van der Waals surface area contributed by atoms with Gasteiger partial charge in [-0.2, -0.15) is 8.42 Å². The van der Waals surface area contributed by atoms with Crippen molar-refractivity contribution in [3.05, 3.63) is 0 Å². The van der Waals surface area contributed by atoms with Crippen molar-refractivity contribution >= 4 is 16.4 Å². The molecule has 6 nitrogen and oxygen atoms in total. The number of unbranched alkanes of at least 4 members (excludes halogenated alkanes) is 22. The Morgan fingerprint density at radius 1 is 0.579 bits per heavy atom. The average molecular weight is 563 g/mol. The molecule has 0 fully saturated rings. The first kappa shape index (κ1) is 37.3. The summed E-state index contributed by atoms with van der Waals surface area (Å²) in [6.07, 6.45) is 29.1. The van der Waals surface area contributed by atoms with Gasteiger partial charge >= 0.3 is 16.4 Å². The quantitative estimate of drug-likeness (QED) is 0.0554. The van der Waals surface area contributed by atoms with Crippen LogP contribution in [-0.4, -0.2) is 31.1 Å². The van der Waals surface area contributed by atoms with Crippen molar-refractivity contribution in [3.63, 3.8) is 0 Å². The van der Waals surface area contributed by atoms with Gasteiger partial charge in [-0.1, -0.05) is 155 Å². The molecule has 0 bridgehead atoms. The van der Waals surface area contributed by atoms with E-state index < -0.39 is 22.0 Å². The van der Waals surface area contributed by atoms with E-state index in [1.807, 2.05) is 0 Å². The van der Waals surface area contributed by atoms with Crippen LogP contribution < -0.4 is 0 Å². The highest BCUT2D eigenvalue weighted by Gasteiger charge is 2.40. The number of ether oxygens (including phenoxy) is 1. The maximum absolute atomic E-state index is 12.6. The molecule has 0 amide bonds. The Hall–Kier alpha value is -0.660. The van der Waals surface area contributed by atoms with Crippen LogP contribution in [0, 0.1) is 0 Å². The van der Waals surface area contributed by atoms with Gasteiger partial charge in [-0.05, 0) is 26.2 Å². The van der Waals surface area contributed by atoms with Crippen LogP contribution in [0.15, 0.2) is 0 Å². The van der Waals surface area contributed by atoms with Crippen molar-refractivity contribution in [1.82, 2.24) is 0 Å². The van der Waals surface area contributed by atoms with Gasteiger partial charge in [0.25, 0.3) is 0 Å². The summed E-state index contributed by atoms with van der Waals surface area (Å²) < 4.78 is 42.1. The largest absolute Gasteiger partial charge is 0.464 e. The van der Waals surface area contributed by atoms with E-state index in [2.05, 4.69) is 13.8 Å². The summed E-state index contributed by atoms with van der Waals surface area (Å²) in [7, 11) is -4.75. The minimum Gasteiger partial charge on any atom is -0.464 e. The molecule has 0 heterocycles. The second-order valence-electron chi connectivity index (χ2n) is 11.4. The SMILES string of the molecule is CCCCCCCCCCCCCCCCOC(=O)C(C)(CCCCCCCCCCCC)OS(=O)(=O)O. The molecule has 0 aromatic rings. The minimum atomic E-state index is -4.75. The van der Waals surface area contributed by atoms with Gasteiger partial charge in [-0.25, -0.2) is 8.98 Å². The Morgan fingerprint density at radius 2 is 0.895 bits per heavy atom. The van der Waals surface area contributed by atoms with Gasteiger partial charge in [0.05, 0.1) is 6.61 Å². The highest BCUT2D eigenvalue weighted by atomic mass is 32.3. The van der Waals surface area contributed by atoms with Crippen LogP contribution in [0.4, 0.5) is 0 Å². The molecule has 1 N–H and O–H groups in total. The molecule has 0 aliphatic carbocycles. The van der Waals surface area contributed by atoms with Gasteiger partial charge in [0.15, 0.2) is 5.60 Å². The van der Waals surface area contributed by atoms with E-state index in [0.717, 1.165) is 38.5 Å². The van der Waals surface area contributed by atoms with E-state index in [4.69, 9.17) is 8.92 Å². The highest BCUT2D eigenvalue weighted by Crippen LogP contribution is 2.24. The second kappa shape index (κ2) is 25.3. The van der Waals surface area contributed by atoms with E-state index in [9.17, 15) is 17.8 Å². The number of carbonyl (C=O) groups is 1. The summed E-state index contributed by atoms with van der Waals surface area (Å²) in [5.74, 6) is -0.708. The zero-order valence-electron chi connectivity index (χ0n) is 25.3. The molecule has 0 spiro atoms. The van der Waals surface area contributed by atoms with E-state index in [-0.39, 0.29) is 13.0 Å². The molecule has 0 saturated heterocycles. The maximum atomic E-state index is 12.6. The highest BCUT2D eigenvalue weighted by molar-refractivity contribution is 7.81. The lowest BCUT2D eigenvalue weighted by Gasteiger charge is -2.25. The topological polar surface area (TPSA) is 89.9 Å². The molecular formula is C31H62O6S. The molecule has 0 rings (SSSR count). The molecule has 0 aliphatic heterocycles. The van der Waals surface area contributed by atoms with Crippen LogP contribution in [0.25, 0.3) is 0 Å². The molecule has 1 atom stereocenters. The molecule has 0 aliphatic rings. The number of carbonyl (C=O) groups excluding carboxylic acids is 1. The zero-order chi connectivity index (χ0) is 28.4. The summed E-state index contributed by atoms with van der Waals surface area (Å²) in [5.41, 5.74) is -1.68. The van der Waals surface area contributed by atoms with Gasteiger partial charge in [-0.3, -0.25) is 4.55 Å². The van der Waals surface area contributed by atoms with Crippen molar-refractivity contribution in [2.75, 3.05) is 6.61 Å². The van der Waals surface area contributed by atoms with Gasteiger partial charge in [0, 0.05) is 0 Å². The summed E-state index contributed by atoms with van der Waals surface area (Å²) in [5, 5.41) is 0. The van der Waals surface area contributed by atoms with Gasteiger partial charge in [-0.15, -0.1) is 0 Å². The van der Waals surface area contributed by atoms with E-state index in [0.29, 0.717) is 6.42 Å². The first-order chi connectivity index (χ1) is 18.2.